The maximum absolute atomic E-state index is 6.33. The van der Waals surface area contributed by atoms with Gasteiger partial charge in [0.2, 0.25) is 8.37 Å². The van der Waals surface area contributed by atoms with Gasteiger partial charge in [0.25, 0.3) is 0 Å². The van der Waals surface area contributed by atoms with Gasteiger partial charge in [0.1, 0.15) is 0 Å². The molecule has 0 aromatic rings. The molecule has 42 valence electrons. The molecule has 0 atom stereocenters. The highest BCUT2D eigenvalue weighted by atomic mass is 31.1. The second-order valence-electron chi connectivity index (χ2n) is 0.670. The molecule has 0 bridgehead atoms. The molecule has 0 aliphatic heterocycles. The van der Waals surface area contributed by atoms with Gasteiger partial charge in [0, 0.05) is 0 Å². The van der Waals surface area contributed by atoms with Gasteiger partial charge in [-0.05, 0) is 0 Å². The topological polar surface area (TPSA) is 112 Å². The minimum absolute atomic E-state index is 1.21. The van der Waals surface area contributed by atoms with Crippen LogP contribution in [0.15, 0.2) is 4.88 Å². The summed E-state index contributed by atoms with van der Waals surface area (Å²) in [6, 6.07) is 0. The Morgan fingerprint density at radius 1 is 1.43 bits per heavy atom. The minimum Gasteiger partial charge on any atom is -0.265 e. The monoisotopic (exact) mass is 122 g/mol. The zero-order chi connectivity index (χ0) is 5.70. The van der Waals surface area contributed by atoms with Crippen molar-refractivity contribution in [1.82, 2.24) is 10.4 Å². The van der Waals surface area contributed by atoms with Gasteiger partial charge in [-0.15, -0.1) is 4.88 Å². The van der Waals surface area contributed by atoms with Gasteiger partial charge in [-0.2, -0.15) is 0 Å². The van der Waals surface area contributed by atoms with Crippen LogP contribution in [-0.2, 0) is 0 Å². The van der Waals surface area contributed by atoms with Crippen molar-refractivity contribution in [3.05, 3.63) is 0 Å². The van der Waals surface area contributed by atoms with Gasteiger partial charge in [-0.1, -0.05) is 0 Å². The zero-order valence-electron chi connectivity index (χ0n) is 3.55. The summed E-state index contributed by atoms with van der Waals surface area (Å²) in [6.07, 6.45) is 0. The Bertz CT molecular complexity index is 46.1. The third-order valence-electron chi connectivity index (χ3n) is 0.345. The molecule has 0 fully saturated rings. The number of nitrogens with one attached hydrogen (secondary N) is 3. The van der Waals surface area contributed by atoms with Crippen LogP contribution in [0, 0.1) is 5.53 Å². The predicted octanol–water partition coefficient (Wildman–Crippen LogP) is -0.829. The lowest BCUT2D eigenvalue weighted by Gasteiger charge is -2.02. The van der Waals surface area contributed by atoms with E-state index in [1.807, 2.05) is 0 Å². The molecule has 7 heteroatoms. The molecule has 0 aliphatic rings. The Morgan fingerprint density at radius 3 is 1.86 bits per heavy atom. The van der Waals surface area contributed by atoms with Crippen LogP contribution in [0.3, 0.4) is 0 Å². The van der Waals surface area contributed by atoms with E-state index in [0.717, 1.165) is 0 Å². The van der Waals surface area contributed by atoms with Crippen molar-refractivity contribution in [2.24, 2.45) is 16.6 Å². The van der Waals surface area contributed by atoms with Crippen molar-refractivity contribution in [3.63, 3.8) is 0 Å². The van der Waals surface area contributed by atoms with Crippen LogP contribution in [-0.4, -0.2) is 0 Å². The van der Waals surface area contributed by atoms with Gasteiger partial charge < -0.3 is 0 Å². The Kier molecular flexibility index (Phi) is 3.97. The molecule has 0 aliphatic carbocycles. The van der Waals surface area contributed by atoms with Crippen molar-refractivity contribution in [2.45, 2.75) is 0 Å². The van der Waals surface area contributed by atoms with Crippen molar-refractivity contribution >= 4 is 8.37 Å². The van der Waals surface area contributed by atoms with E-state index >= 15 is 0 Å². The molecule has 0 saturated carbocycles. The van der Waals surface area contributed by atoms with Gasteiger partial charge in [0.15, 0.2) is 0 Å². The van der Waals surface area contributed by atoms with Crippen LogP contribution in [0.2, 0.25) is 0 Å². The molecule has 0 spiro atoms. The van der Waals surface area contributed by atoms with Crippen LogP contribution < -0.4 is 22.1 Å². The summed E-state index contributed by atoms with van der Waals surface area (Å²) < 4.78 is 0. The van der Waals surface area contributed by atoms with Crippen molar-refractivity contribution < 1.29 is 0 Å². The van der Waals surface area contributed by atoms with Crippen LogP contribution in [0.4, 0.5) is 0 Å². The maximum Gasteiger partial charge on any atom is 0.214 e. The van der Waals surface area contributed by atoms with Gasteiger partial charge in [-0.3, -0.25) is 11.7 Å². The van der Waals surface area contributed by atoms with Crippen molar-refractivity contribution in [3.8, 4) is 0 Å². The van der Waals surface area contributed by atoms with Gasteiger partial charge in [0.05, 0.1) is 0 Å². The van der Waals surface area contributed by atoms with E-state index in [1.54, 1.807) is 0 Å². The molecule has 0 rings (SSSR count). The lowest BCUT2D eigenvalue weighted by Crippen LogP contribution is -2.26. The average Bonchev–Trinajstić information content (AvgIpc) is 1.72. The Labute approximate surface area is 42.0 Å². The Morgan fingerprint density at radius 2 is 1.86 bits per heavy atom. The first kappa shape index (κ1) is 6.87. The van der Waals surface area contributed by atoms with E-state index in [-0.39, 0.29) is 0 Å². The first-order valence-corrected chi connectivity index (χ1v) is 2.74. The molecule has 0 aromatic heterocycles. The fourth-order valence-corrected chi connectivity index (χ4v) is 0.285. The van der Waals surface area contributed by atoms with E-state index in [4.69, 9.17) is 17.2 Å². The molecule has 0 unspecified atom stereocenters. The van der Waals surface area contributed by atoms with Crippen LogP contribution in [0.25, 0.3) is 0 Å². The van der Waals surface area contributed by atoms with Gasteiger partial charge in [-0.25, -0.2) is 15.9 Å². The molecule has 0 radical (unpaired) electrons. The van der Waals surface area contributed by atoms with Gasteiger partial charge >= 0.3 is 0 Å². The summed E-state index contributed by atoms with van der Waals surface area (Å²) >= 11 is 0. The molecule has 0 aromatic carbocycles. The fraction of sp³-hybridized carbons (Fsp3) is 0. The van der Waals surface area contributed by atoms with Crippen molar-refractivity contribution in [2.75, 3.05) is 0 Å². The van der Waals surface area contributed by atoms with E-state index < -0.39 is 8.37 Å². The molecule has 7 N–H and O–H groups in total. The third kappa shape index (κ3) is 2.55. The first-order valence-electron chi connectivity index (χ1n) is 1.45. The second-order valence-corrected chi connectivity index (χ2v) is 2.01. The second kappa shape index (κ2) is 4.04. The fourth-order valence-electron chi connectivity index (χ4n) is 0.0950. The van der Waals surface area contributed by atoms with Crippen LogP contribution in [0.1, 0.15) is 0 Å². The summed E-state index contributed by atoms with van der Waals surface area (Å²) in [5.41, 5.74) is 6.33. The highest BCUT2D eigenvalue weighted by Crippen LogP contribution is 2.20. The van der Waals surface area contributed by atoms with E-state index in [1.165, 1.54) is 0 Å². The zero-order valence-corrected chi connectivity index (χ0v) is 4.44. The molecule has 7 heavy (non-hydrogen) atoms. The number of rotatable bonds is 3. The molecule has 0 heterocycles. The predicted molar refractivity (Wildman–Crippen MR) is 26.7 cm³/mol. The molecule has 0 amide bonds. The SMILES string of the molecule is N=NP(NN)NN. The lowest BCUT2D eigenvalue weighted by molar-refractivity contribution is 0.974. The summed E-state index contributed by atoms with van der Waals surface area (Å²) in [5.74, 6) is 9.63. The number of hydrogen-bond donors (Lipinski definition) is 5. The average molecular weight is 122 g/mol. The summed E-state index contributed by atoms with van der Waals surface area (Å²) in [7, 11) is -1.21. The maximum atomic E-state index is 6.33. The summed E-state index contributed by atoms with van der Waals surface area (Å²) in [6.45, 7) is 0. The largest absolute Gasteiger partial charge is 0.265 e. The lowest BCUT2D eigenvalue weighted by atomic mass is 12.9. The number of hydrazine groups is 2. The molecular weight excluding hydrogens is 115 g/mol. The van der Waals surface area contributed by atoms with E-state index in [0.29, 0.717) is 0 Å². The molecule has 6 nitrogen and oxygen atoms in total. The van der Waals surface area contributed by atoms with E-state index in [9.17, 15) is 0 Å². The Hall–Kier alpha value is -0.130. The quantitative estimate of drug-likeness (QED) is 0.145. The summed E-state index contributed by atoms with van der Waals surface area (Å²) in [4.78, 5) is 2.97. The molecule has 0 saturated heterocycles. The Balaban J connectivity index is 3.16. The highest BCUT2D eigenvalue weighted by molar-refractivity contribution is 7.51. The molecular formula is H7N6P. The number of nitrogens with two attached hydrogens (primary N) is 2. The van der Waals surface area contributed by atoms with Crippen molar-refractivity contribution in [1.29, 1.82) is 5.53 Å². The van der Waals surface area contributed by atoms with E-state index in [2.05, 4.69) is 15.3 Å². The van der Waals surface area contributed by atoms with Crippen LogP contribution >= 0.6 is 8.37 Å². The number of hydrogen-bond acceptors (Lipinski definition) is 6. The summed E-state index contributed by atoms with van der Waals surface area (Å²) in [5, 5.41) is 4.35. The standard InChI is InChI=1S/H7N6P/c1-4-7(5-2)6-3/h1,5-6H,2-3H2. The minimum atomic E-state index is -1.21. The smallest absolute Gasteiger partial charge is 0.214 e. The van der Waals surface area contributed by atoms with Crippen LogP contribution in [0.5, 0.6) is 0 Å². The number of nitrogens with zero attached hydrogens (tertiary/aromatic N) is 1. The third-order valence-corrected chi connectivity index (χ3v) is 1.03. The first-order chi connectivity index (χ1) is 3.35. The normalized spacial score (nSPS) is 9.57. The highest BCUT2D eigenvalue weighted by Gasteiger charge is 1.94.